The molecule has 1 aromatic carbocycles. The first kappa shape index (κ1) is 21.0. The second kappa shape index (κ2) is 8.78. The van der Waals surface area contributed by atoms with Crippen LogP contribution in [-0.4, -0.2) is 36.7 Å². The minimum absolute atomic E-state index is 0.0787. The lowest BCUT2D eigenvalue weighted by atomic mass is 9.97. The molecule has 1 fully saturated rings. The Morgan fingerprint density at radius 2 is 1.79 bits per heavy atom. The molecule has 1 aromatic heterocycles. The molecule has 1 saturated heterocycles. The van der Waals surface area contributed by atoms with Gasteiger partial charge in [-0.05, 0) is 44.0 Å². The van der Waals surface area contributed by atoms with Crippen LogP contribution in [0.25, 0.3) is 0 Å². The maximum absolute atomic E-state index is 12.9. The summed E-state index contributed by atoms with van der Waals surface area (Å²) in [5.41, 5.74) is 0.782. The van der Waals surface area contributed by atoms with Gasteiger partial charge in [-0.2, -0.15) is 4.31 Å². The Hall–Kier alpha value is -1.67. The lowest BCUT2D eigenvalue weighted by Crippen LogP contribution is -2.43. The van der Waals surface area contributed by atoms with Crippen molar-refractivity contribution in [3.8, 4) is 0 Å². The largest absolute Gasteiger partial charge is 0.348 e. The number of aromatic nitrogens is 1. The molecule has 0 aliphatic carbocycles. The Balaban J connectivity index is 1.63. The third-order valence-electron chi connectivity index (χ3n) is 4.83. The normalized spacial score (nSPS) is 17.2. The number of carbonyl (C=O) groups excluding carboxylic acids is 1. The monoisotopic (exact) mass is 441 g/mol. The summed E-state index contributed by atoms with van der Waals surface area (Å²) in [6.45, 7) is 2.35. The van der Waals surface area contributed by atoms with Crippen molar-refractivity contribution in [3.63, 3.8) is 0 Å². The van der Waals surface area contributed by atoms with Crippen molar-refractivity contribution < 1.29 is 13.2 Å². The summed E-state index contributed by atoms with van der Waals surface area (Å²) in [4.78, 5) is 16.7. The fourth-order valence-electron chi connectivity index (χ4n) is 3.25. The van der Waals surface area contributed by atoms with Crippen molar-refractivity contribution in [2.24, 2.45) is 5.92 Å². The standard InChI is InChI=1S/C19H21Cl2N3O3S/c1-13(17-7-2-3-10-22-17)23-19(25)14-8-11-24(12-9-14)28(26,27)18-15(20)5-4-6-16(18)21/h2-7,10,13-14H,8-9,11-12H2,1H3,(H,23,25). The number of benzene rings is 1. The van der Waals surface area contributed by atoms with Crippen LogP contribution >= 0.6 is 23.2 Å². The first-order valence-corrected chi connectivity index (χ1v) is 11.2. The van der Waals surface area contributed by atoms with E-state index in [9.17, 15) is 13.2 Å². The molecule has 2 heterocycles. The van der Waals surface area contributed by atoms with Crippen LogP contribution in [0, 0.1) is 5.92 Å². The highest BCUT2D eigenvalue weighted by molar-refractivity contribution is 7.89. The number of rotatable bonds is 5. The van der Waals surface area contributed by atoms with E-state index in [0.29, 0.717) is 12.8 Å². The molecule has 1 amide bonds. The minimum Gasteiger partial charge on any atom is -0.348 e. The van der Waals surface area contributed by atoms with Gasteiger partial charge < -0.3 is 5.32 Å². The first-order chi connectivity index (χ1) is 13.3. The van der Waals surface area contributed by atoms with Gasteiger partial charge in [0.05, 0.1) is 21.8 Å². The third-order valence-corrected chi connectivity index (χ3v) is 7.69. The Bertz CT molecular complexity index is 926. The number of hydrogen-bond acceptors (Lipinski definition) is 4. The smallest absolute Gasteiger partial charge is 0.246 e. The molecular formula is C19H21Cl2N3O3S. The van der Waals surface area contributed by atoms with E-state index in [1.165, 1.54) is 16.4 Å². The van der Waals surface area contributed by atoms with Gasteiger partial charge in [0.1, 0.15) is 4.90 Å². The van der Waals surface area contributed by atoms with Gasteiger partial charge in [0, 0.05) is 25.2 Å². The molecule has 150 valence electrons. The second-order valence-electron chi connectivity index (χ2n) is 6.71. The van der Waals surface area contributed by atoms with E-state index >= 15 is 0 Å². The van der Waals surface area contributed by atoms with Crippen molar-refractivity contribution in [3.05, 3.63) is 58.3 Å². The summed E-state index contributed by atoms with van der Waals surface area (Å²) in [6.07, 6.45) is 2.55. The van der Waals surface area contributed by atoms with Gasteiger partial charge in [0.15, 0.2) is 0 Å². The Morgan fingerprint density at radius 1 is 1.14 bits per heavy atom. The number of hydrogen-bond donors (Lipinski definition) is 1. The Kier molecular flexibility index (Phi) is 6.60. The van der Waals surface area contributed by atoms with Crippen LogP contribution in [0.1, 0.15) is 31.5 Å². The molecule has 0 saturated carbocycles. The summed E-state index contributed by atoms with van der Waals surface area (Å²) < 4.78 is 27.2. The molecule has 9 heteroatoms. The van der Waals surface area contributed by atoms with Crippen molar-refractivity contribution >= 4 is 39.1 Å². The quantitative estimate of drug-likeness (QED) is 0.767. The first-order valence-electron chi connectivity index (χ1n) is 8.96. The minimum atomic E-state index is -3.81. The van der Waals surface area contributed by atoms with Crippen LogP contribution in [-0.2, 0) is 14.8 Å². The predicted octanol–water partition coefficient (Wildman–Crippen LogP) is 3.67. The van der Waals surface area contributed by atoms with Crippen molar-refractivity contribution in [1.82, 2.24) is 14.6 Å². The SMILES string of the molecule is CC(NC(=O)C1CCN(S(=O)(=O)c2c(Cl)cccc2Cl)CC1)c1ccccn1. The predicted molar refractivity (Wildman–Crippen MR) is 109 cm³/mol. The van der Waals surface area contributed by atoms with E-state index in [4.69, 9.17) is 23.2 Å². The zero-order valence-electron chi connectivity index (χ0n) is 15.3. The number of sulfonamides is 1. The highest BCUT2D eigenvalue weighted by Gasteiger charge is 2.34. The third kappa shape index (κ3) is 4.49. The zero-order chi connectivity index (χ0) is 20.3. The molecule has 0 bridgehead atoms. The van der Waals surface area contributed by atoms with Gasteiger partial charge in [-0.3, -0.25) is 9.78 Å². The van der Waals surface area contributed by atoms with E-state index in [2.05, 4.69) is 10.3 Å². The molecule has 1 aliphatic heterocycles. The van der Waals surface area contributed by atoms with Gasteiger partial charge in [-0.25, -0.2) is 8.42 Å². The number of carbonyl (C=O) groups is 1. The van der Waals surface area contributed by atoms with E-state index in [1.807, 2.05) is 25.1 Å². The maximum Gasteiger partial charge on any atom is 0.246 e. The number of nitrogens with one attached hydrogen (secondary N) is 1. The van der Waals surface area contributed by atoms with Crippen molar-refractivity contribution in [2.75, 3.05) is 13.1 Å². The number of halogens is 2. The summed E-state index contributed by atoms with van der Waals surface area (Å²) in [5.74, 6) is -0.342. The highest BCUT2D eigenvalue weighted by Crippen LogP contribution is 2.33. The number of pyridine rings is 1. The van der Waals surface area contributed by atoms with Gasteiger partial charge in [0.2, 0.25) is 15.9 Å². The van der Waals surface area contributed by atoms with Gasteiger partial charge in [-0.15, -0.1) is 0 Å². The molecule has 28 heavy (non-hydrogen) atoms. The van der Waals surface area contributed by atoms with E-state index in [-0.39, 0.29) is 45.9 Å². The van der Waals surface area contributed by atoms with Crippen LogP contribution < -0.4 is 5.32 Å². The molecular weight excluding hydrogens is 421 g/mol. The number of piperidine rings is 1. The second-order valence-corrected chi connectivity index (χ2v) is 9.40. The summed E-state index contributed by atoms with van der Waals surface area (Å²) in [7, 11) is -3.81. The molecule has 1 aliphatic rings. The van der Waals surface area contributed by atoms with Crippen LogP contribution in [0.15, 0.2) is 47.5 Å². The molecule has 0 radical (unpaired) electrons. The van der Waals surface area contributed by atoms with Gasteiger partial charge >= 0.3 is 0 Å². The van der Waals surface area contributed by atoms with Crippen LogP contribution in [0.3, 0.4) is 0 Å². The van der Waals surface area contributed by atoms with Crippen molar-refractivity contribution in [1.29, 1.82) is 0 Å². The fourth-order valence-corrected chi connectivity index (χ4v) is 5.81. The molecule has 1 atom stereocenters. The molecule has 0 spiro atoms. The average molecular weight is 442 g/mol. The Morgan fingerprint density at radius 3 is 2.36 bits per heavy atom. The lowest BCUT2D eigenvalue weighted by molar-refractivity contribution is -0.126. The summed E-state index contributed by atoms with van der Waals surface area (Å²) >= 11 is 12.1. The number of amides is 1. The Labute approximate surface area is 174 Å². The molecule has 2 aromatic rings. The van der Waals surface area contributed by atoms with Gasteiger partial charge in [-0.1, -0.05) is 35.3 Å². The zero-order valence-corrected chi connectivity index (χ0v) is 17.6. The molecule has 3 rings (SSSR count). The van der Waals surface area contributed by atoms with E-state index in [1.54, 1.807) is 12.3 Å². The van der Waals surface area contributed by atoms with Gasteiger partial charge in [0.25, 0.3) is 0 Å². The summed E-state index contributed by atoms with van der Waals surface area (Å²) in [5, 5.41) is 3.15. The lowest BCUT2D eigenvalue weighted by Gasteiger charge is -2.31. The summed E-state index contributed by atoms with van der Waals surface area (Å²) in [6, 6.07) is 9.93. The molecule has 1 N–H and O–H groups in total. The molecule has 6 nitrogen and oxygen atoms in total. The maximum atomic E-state index is 12.9. The number of nitrogens with zero attached hydrogens (tertiary/aromatic N) is 2. The van der Waals surface area contributed by atoms with E-state index in [0.717, 1.165) is 5.69 Å². The van der Waals surface area contributed by atoms with E-state index < -0.39 is 10.0 Å². The van der Waals surface area contributed by atoms with Crippen molar-refractivity contribution in [2.45, 2.75) is 30.7 Å². The topological polar surface area (TPSA) is 79.4 Å². The molecule has 1 unspecified atom stereocenters. The van der Waals surface area contributed by atoms with Crippen LogP contribution in [0.4, 0.5) is 0 Å². The fraction of sp³-hybridized carbons (Fsp3) is 0.368. The average Bonchev–Trinajstić information content (AvgIpc) is 2.68. The van der Waals surface area contributed by atoms with Crippen LogP contribution in [0.5, 0.6) is 0 Å². The van der Waals surface area contributed by atoms with Crippen LogP contribution in [0.2, 0.25) is 10.0 Å². The highest BCUT2D eigenvalue weighted by atomic mass is 35.5.